The molecule has 154 valence electrons. The van der Waals surface area contributed by atoms with Crippen molar-refractivity contribution in [1.29, 1.82) is 0 Å². The Morgan fingerprint density at radius 3 is 2.64 bits per heavy atom. The first-order valence-corrected chi connectivity index (χ1v) is 10.5. The minimum atomic E-state index is -0.476. The van der Waals surface area contributed by atoms with E-state index >= 15 is 0 Å². The van der Waals surface area contributed by atoms with Gasteiger partial charge in [-0.3, -0.25) is 14.6 Å². The van der Waals surface area contributed by atoms with Crippen molar-refractivity contribution in [1.82, 2.24) is 14.7 Å². The molecule has 3 aliphatic rings. The van der Waals surface area contributed by atoms with Crippen LogP contribution < -0.4 is 0 Å². The maximum Gasteiger partial charge on any atom is 0.411 e. The number of hydrogen-bond donors (Lipinski definition) is 0. The van der Waals surface area contributed by atoms with Crippen LogP contribution in [0.3, 0.4) is 0 Å². The zero-order valence-corrected chi connectivity index (χ0v) is 17.1. The van der Waals surface area contributed by atoms with Gasteiger partial charge in [0, 0.05) is 25.2 Å². The van der Waals surface area contributed by atoms with E-state index in [1.807, 2.05) is 24.0 Å². The first kappa shape index (κ1) is 19.3. The highest BCUT2D eigenvalue weighted by Crippen LogP contribution is 2.39. The van der Waals surface area contributed by atoms with Crippen molar-refractivity contribution in [2.75, 3.05) is 26.7 Å². The molecule has 3 fully saturated rings. The molecule has 1 aromatic heterocycles. The molecule has 7 nitrogen and oxygen atoms in total. The summed E-state index contributed by atoms with van der Waals surface area (Å²) in [5, 5.41) is 0. The molecule has 0 aromatic carbocycles. The van der Waals surface area contributed by atoms with E-state index < -0.39 is 12.1 Å². The van der Waals surface area contributed by atoms with Crippen molar-refractivity contribution in [3.63, 3.8) is 0 Å². The summed E-state index contributed by atoms with van der Waals surface area (Å²) in [7, 11) is 2.17. The summed E-state index contributed by atoms with van der Waals surface area (Å²) in [6.45, 7) is 5.49. The van der Waals surface area contributed by atoms with Gasteiger partial charge in [0.1, 0.15) is 17.6 Å². The summed E-state index contributed by atoms with van der Waals surface area (Å²) in [4.78, 5) is 32.3. The van der Waals surface area contributed by atoms with Crippen molar-refractivity contribution >= 4 is 12.0 Å². The highest BCUT2D eigenvalue weighted by Gasteiger charge is 2.46. The lowest BCUT2D eigenvalue weighted by Crippen LogP contribution is -2.50. The fourth-order valence-corrected chi connectivity index (χ4v) is 5.14. The highest BCUT2D eigenvalue weighted by atomic mass is 16.6. The predicted octanol–water partition coefficient (Wildman–Crippen LogP) is 2.95. The Hall–Kier alpha value is -2.02. The quantitative estimate of drug-likeness (QED) is 0.795. The number of carbonyl (C=O) groups excluding carboxylic acids is 2. The average molecular weight is 389 g/mol. The van der Waals surface area contributed by atoms with Gasteiger partial charge in [0.05, 0.1) is 12.6 Å². The molecule has 1 aromatic rings. The summed E-state index contributed by atoms with van der Waals surface area (Å²) in [6.07, 6.45) is 4.30. The lowest BCUT2D eigenvalue weighted by Gasteiger charge is -2.33. The molecule has 2 bridgehead atoms. The Kier molecular flexibility index (Phi) is 5.36. The topological polar surface area (TPSA) is 66.2 Å². The van der Waals surface area contributed by atoms with Crippen LogP contribution >= 0.6 is 0 Å². The maximum absolute atomic E-state index is 13.5. The number of likely N-dealkylation sites (N-methyl/N-ethyl adjacent to an activating group) is 1. The Morgan fingerprint density at radius 1 is 1.14 bits per heavy atom. The Labute approximate surface area is 166 Å². The molecule has 7 heteroatoms. The van der Waals surface area contributed by atoms with Gasteiger partial charge in [-0.05, 0) is 65.1 Å². The summed E-state index contributed by atoms with van der Waals surface area (Å²) in [6, 6.07) is 4.08. The summed E-state index contributed by atoms with van der Waals surface area (Å²) in [5.41, 5.74) is 0. The molecule has 4 rings (SSSR count). The first-order valence-electron chi connectivity index (χ1n) is 10.5. The summed E-state index contributed by atoms with van der Waals surface area (Å²) >= 11 is 0. The predicted molar refractivity (Wildman–Crippen MR) is 104 cm³/mol. The zero-order chi connectivity index (χ0) is 19.8. The van der Waals surface area contributed by atoms with Gasteiger partial charge in [-0.15, -0.1) is 0 Å². The van der Waals surface area contributed by atoms with Crippen LogP contribution in [0.1, 0.15) is 56.6 Å². The van der Waals surface area contributed by atoms with Crippen molar-refractivity contribution in [3.8, 4) is 0 Å². The van der Waals surface area contributed by atoms with E-state index in [4.69, 9.17) is 9.15 Å². The largest absolute Gasteiger partial charge is 0.464 e. The van der Waals surface area contributed by atoms with Crippen molar-refractivity contribution < 1.29 is 18.7 Å². The number of amides is 2. The van der Waals surface area contributed by atoms with E-state index in [0.717, 1.165) is 37.5 Å². The molecular formula is C21H31N3O4. The van der Waals surface area contributed by atoms with Gasteiger partial charge in [-0.2, -0.15) is 0 Å². The number of hydrogen-bond acceptors (Lipinski definition) is 5. The minimum Gasteiger partial charge on any atom is -0.464 e. The highest BCUT2D eigenvalue weighted by molar-refractivity contribution is 5.86. The second kappa shape index (κ2) is 7.78. The SMILES string of the molecule is CCOC(=O)N1[C@@H](C(=O)N2CC[C@H]3CC[C@@H](C2)N3C)CC[C@@H]1c1ccc(C)o1. The Balaban J connectivity index is 1.55. The van der Waals surface area contributed by atoms with Crippen molar-refractivity contribution in [3.05, 3.63) is 23.7 Å². The van der Waals surface area contributed by atoms with Crippen LogP contribution in [0.5, 0.6) is 0 Å². The number of furan rings is 1. The maximum atomic E-state index is 13.5. The number of ether oxygens (including phenoxy) is 1. The summed E-state index contributed by atoms with van der Waals surface area (Å²) in [5.74, 6) is 1.59. The fourth-order valence-electron chi connectivity index (χ4n) is 5.14. The first-order chi connectivity index (χ1) is 13.5. The molecule has 2 amide bonds. The lowest BCUT2D eigenvalue weighted by atomic mass is 10.1. The van der Waals surface area contributed by atoms with Crippen LogP contribution in [-0.2, 0) is 9.53 Å². The van der Waals surface area contributed by atoms with Crippen LogP contribution in [-0.4, -0.2) is 71.6 Å². The van der Waals surface area contributed by atoms with Gasteiger partial charge >= 0.3 is 6.09 Å². The molecule has 4 atom stereocenters. The Morgan fingerprint density at radius 2 is 1.93 bits per heavy atom. The molecule has 0 spiro atoms. The number of rotatable bonds is 3. The molecule has 0 unspecified atom stereocenters. The van der Waals surface area contributed by atoms with Gasteiger partial charge < -0.3 is 14.1 Å². The second-order valence-corrected chi connectivity index (χ2v) is 8.29. The molecular weight excluding hydrogens is 358 g/mol. The Bertz CT molecular complexity index is 733. The van der Waals surface area contributed by atoms with Gasteiger partial charge in [0.15, 0.2) is 0 Å². The average Bonchev–Trinajstić information content (AvgIpc) is 3.33. The van der Waals surface area contributed by atoms with Crippen molar-refractivity contribution in [2.24, 2.45) is 0 Å². The summed E-state index contributed by atoms with van der Waals surface area (Å²) < 4.78 is 11.1. The van der Waals surface area contributed by atoms with E-state index in [1.165, 1.54) is 6.42 Å². The van der Waals surface area contributed by atoms with Gasteiger partial charge in [-0.25, -0.2) is 4.79 Å². The third-order valence-electron chi connectivity index (χ3n) is 6.70. The minimum absolute atomic E-state index is 0.0554. The number of fused-ring (bicyclic) bond motifs is 2. The van der Waals surface area contributed by atoms with E-state index in [9.17, 15) is 9.59 Å². The number of carbonyl (C=O) groups is 2. The second-order valence-electron chi connectivity index (χ2n) is 8.29. The van der Waals surface area contributed by atoms with Crippen molar-refractivity contribution in [2.45, 2.75) is 70.1 Å². The molecule has 0 N–H and O–H groups in total. The normalized spacial score (nSPS) is 30.5. The van der Waals surface area contributed by atoms with E-state index in [2.05, 4.69) is 11.9 Å². The van der Waals surface area contributed by atoms with Crippen LogP contribution in [0.2, 0.25) is 0 Å². The van der Waals surface area contributed by atoms with E-state index in [-0.39, 0.29) is 11.9 Å². The van der Waals surface area contributed by atoms with Gasteiger partial charge in [0.2, 0.25) is 5.91 Å². The van der Waals surface area contributed by atoms with Gasteiger partial charge in [0.25, 0.3) is 0 Å². The van der Waals surface area contributed by atoms with Crippen LogP contribution in [0.25, 0.3) is 0 Å². The zero-order valence-electron chi connectivity index (χ0n) is 17.1. The standard InChI is InChI=1S/C21H31N3O4/c1-4-27-21(26)24-17(19-10-5-14(2)28-19)8-9-18(24)20(25)23-12-11-15-6-7-16(13-23)22(15)3/h5,10,15-18H,4,6-9,11-13H2,1-3H3/t15-,16+,17-,18-/m1/s1. The third-order valence-corrected chi connectivity index (χ3v) is 6.70. The van der Waals surface area contributed by atoms with Crippen LogP contribution in [0, 0.1) is 6.92 Å². The molecule has 28 heavy (non-hydrogen) atoms. The molecule has 0 aliphatic carbocycles. The number of aryl methyl sites for hydroxylation is 1. The van der Waals surface area contributed by atoms with E-state index in [1.54, 1.807) is 11.8 Å². The molecule has 0 radical (unpaired) electrons. The van der Waals surface area contributed by atoms with E-state index in [0.29, 0.717) is 31.5 Å². The fraction of sp³-hybridized carbons (Fsp3) is 0.714. The number of likely N-dealkylation sites (tertiary alicyclic amines) is 2. The molecule has 3 saturated heterocycles. The third kappa shape index (κ3) is 3.41. The monoisotopic (exact) mass is 389 g/mol. The van der Waals surface area contributed by atoms with Crippen LogP contribution in [0.4, 0.5) is 4.79 Å². The smallest absolute Gasteiger partial charge is 0.411 e. The molecule has 0 saturated carbocycles. The van der Waals surface area contributed by atoms with Gasteiger partial charge in [-0.1, -0.05) is 0 Å². The number of nitrogens with zero attached hydrogens (tertiary/aromatic N) is 3. The molecule has 3 aliphatic heterocycles. The molecule has 4 heterocycles. The lowest BCUT2D eigenvalue weighted by molar-refractivity contribution is -0.136. The van der Waals surface area contributed by atoms with Crippen LogP contribution in [0.15, 0.2) is 16.5 Å².